The van der Waals surface area contributed by atoms with Gasteiger partial charge in [0.1, 0.15) is 0 Å². The first kappa shape index (κ1) is 4.99. The number of rotatable bonds is 0. The van der Waals surface area contributed by atoms with Crippen LogP contribution in [0.2, 0.25) is 0 Å². The molecule has 0 fully saturated rings. The van der Waals surface area contributed by atoms with Crippen LogP contribution >= 0.6 is 9.24 Å². The average Bonchev–Trinajstić information content (AvgIpc) is 1.41. The first-order valence-corrected chi connectivity index (χ1v) is 2.33. The van der Waals surface area contributed by atoms with Crippen LogP contribution in [0.4, 0.5) is 0 Å². The van der Waals surface area contributed by atoms with Crippen LogP contribution in [0.25, 0.3) is 0 Å². The van der Waals surface area contributed by atoms with Crippen molar-refractivity contribution in [2.75, 3.05) is 6.16 Å². The maximum Gasteiger partial charge on any atom is 0.0234 e. The highest BCUT2D eigenvalue weighted by molar-refractivity contribution is 7.16. The molecular formula is C4H7P. The van der Waals surface area contributed by atoms with Crippen molar-refractivity contribution >= 4 is 9.24 Å². The molecule has 0 aromatic carbocycles. The van der Waals surface area contributed by atoms with E-state index in [1.807, 2.05) is 6.92 Å². The van der Waals surface area contributed by atoms with Crippen LogP contribution in [0.15, 0.2) is 0 Å². The van der Waals surface area contributed by atoms with Gasteiger partial charge in [0.15, 0.2) is 0 Å². The molecule has 0 nitrogen and oxygen atoms in total. The zero-order valence-electron chi connectivity index (χ0n) is 3.28. The summed E-state index contributed by atoms with van der Waals surface area (Å²) in [6, 6.07) is 0. The van der Waals surface area contributed by atoms with Crippen molar-refractivity contribution in [2.24, 2.45) is 0 Å². The Labute approximate surface area is 35.2 Å². The number of hydrogen-bond acceptors (Lipinski definition) is 0. The lowest BCUT2D eigenvalue weighted by Crippen LogP contribution is -1.50. The van der Waals surface area contributed by atoms with Gasteiger partial charge in [-0.3, -0.25) is 0 Å². The first-order valence-electron chi connectivity index (χ1n) is 1.51. The van der Waals surface area contributed by atoms with Crippen molar-refractivity contribution in [1.82, 2.24) is 0 Å². The van der Waals surface area contributed by atoms with Gasteiger partial charge < -0.3 is 0 Å². The maximum absolute atomic E-state index is 2.82. The summed E-state index contributed by atoms with van der Waals surface area (Å²) in [5.74, 6) is 5.57. The smallest absolute Gasteiger partial charge is 0.0234 e. The van der Waals surface area contributed by atoms with Crippen LogP contribution < -0.4 is 0 Å². The third kappa shape index (κ3) is 3.99. The zero-order chi connectivity index (χ0) is 4.12. The Morgan fingerprint density at radius 1 is 1.80 bits per heavy atom. The van der Waals surface area contributed by atoms with Gasteiger partial charge in [0.2, 0.25) is 0 Å². The molecule has 0 saturated heterocycles. The van der Waals surface area contributed by atoms with Crippen molar-refractivity contribution in [3.63, 3.8) is 0 Å². The zero-order valence-corrected chi connectivity index (χ0v) is 4.44. The van der Waals surface area contributed by atoms with Crippen molar-refractivity contribution in [3.05, 3.63) is 0 Å². The standard InChI is InChI=1S/C4H7P/c1-2-3-4-5/h4-5H2,1H3. The third-order valence-electron chi connectivity index (χ3n) is 0.279. The summed E-state index contributed by atoms with van der Waals surface area (Å²) in [4.78, 5) is 0. The van der Waals surface area contributed by atoms with Gasteiger partial charge in [-0.05, 0) is 6.92 Å². The normalized spacial score (nSPS) is 5.20. The molecule has 0 radical (unpaired) electrons. The first-order chi connectivity index (χ1) is 2.41. The molecule has 1 heteroatoms. The molecule has 0 aromatic heterocycles. The fraction of sp³-hybridized carbons (Fsp3) is 0.500. The van der Waals surface area contributed by atoms with Gasteiger partial charge in [-0.1, -0.05) is 5.92 Å². The Bertz CT molecular complexity index is 55.8. The highest BCUT2D eigenvalue weighted by Gasteiger charge is 1.48. The summed E-state index contributed by atoms with van der Waals surface area (Å²) >= 11 is 0. The van der Waals surface area contributed by atoms with E-state index in [2.05, 4.69) is 21.1 Å². The summed E-state index contributed by atoms with van der Waals surface area (Å²) < 4.78 is 0. The second-order valence-electron chi connectivity index (χ2n) is 0.631. The second-order valence-corrected chi connectivity index (χ2v) is 1.04. The van der Waals surface area contributed by atoms with Crippen LogP contribution in [-0.4, -0.2) is 6.16 Å². The lowest BCUT2D eigenvalue weighted by molar-refractivity contribution is 1.85. The van der Waals surface area contributed by atoms with Crippen LogP contribution in [0.5, 0.6) is 0 Å². The van der Waals surface area contributed by atoms with E-state index in [0.29, 0.717) is 0 Å². The molecule has 1 atom stereocenters. The Hall–Kier alpha value is -0.0100. The monoisotopic (exact) mass is 86.0 g/mol. The largest absolute Gasteiger partial charge is 0.125 e. The van der Waals surface area contributed by atoms with Gasteiger partial charge in [0, 0.05) is 6.16 Å². The van der Waals surface area contributed by atoms with E-state index in [0.717, 1.165) is 6.16 Å². The molecular weight excluding hydrogens is 79.0 g/mol. The minimum absolute atomic E-state index is 0.899. The molecule has 0 aliphatic heterocycles. The van der Waals surface area contributed by atoms with Gasteiger partial charge in [0.05, 0.1) is 0 Å². The fourth-order valence-electron chi connectivity index (χ4n) is 0.102. The van der Waals surface area contributed by atoms with Gasteiger partial charge >= 0.3 is 0 Å². The number of hydrogen-bond donors (Lipinski definition) is 0. The topological polar surface area (TPSA) is 0 Å². The molecule has 0 heterocycles. The Balaban J connectivity index is 2.81. The minimum atomic E-state index is 0.899. The Morgan fingerprint density at radius 3 is 2.40 bits per heavy atom. The van der Waals surface area contributed by atoms with Gasteiger partial charge in [-0.25, -0.2) is 0 Å². The molecule has 0 spiro atoms. The summed E-state index contributed by atoms with van der Waals surface area (Å²) in [6.07, 6.45) is 0.899. The predicted molar refractivity (Wildman–Crippen MR) is 28.0 cm³/mol. The molecule has 0 aliphatic rings. The van der Waals surface area contributed by atoms with E-state index in [9.17, 15) is 0 Å². The SMILES string of the molecule is CC#CCP. The molecule has 0 bridgehead atoms. The van der Waals surface area contributed by atoms with Crippen LogP contribution in [0.3, 0.4) is 0 Å². The lowest BCUT2D eigenvalue weighted by Gasteiger charge is -1.58. The second kappa shape index (κ2) is 3.99. The highest BCUT2D eigenvalue weighted by atomic mass is 31.0. The molecule has 0 rings (SSSR count). The van der Waals surface area contributed by atoms with E-state index in [1.54, 1.807) is 0 Å². The molecule has 0 aliphatic carbocycles. The molecule has 0 amide bonds. The van der Waals surface area contributed by atoms with Crippen molar-refractivity contribution < 1.29 is 0 Å². The van der Waals surface area contributed by atoms with E-state index in [-0.39, 0.29) is 0 Å². The van der Waals surface area contributed by atoms with E-state index < -0.39 is 0 Å². The molecule has 0 N–H and O–H groups in total. The Kier molecular flexibility index (Phi) is 3.98. The van der Waals surface area contributed by atoms with Crippen LogP contribution in [0.1, 0.15) is 6.92 Å². The van der Waals surface area contributed by atoms with Gasteiger partial charge in [-0.2, -0.15) is 0 Å². The molecule has 5 heavy (non-hydrogen) atoms. The van der Waals surface area contributed by atoms with Crippen LogP contribution in [0, 0.1) is 11.8 Å². The molecule has 0 saturated carbocycles. The third-order valence-corrected chi connectivity index (χ3v) is 0.483. The van der Waals surface area contributed by atoms with E-state index in [1.165, 1.54) is 0 Å². The fourth-order valence-corrected chi connectivity index (χ4v) is 0.306. The predicted octanol–water partition coefficient (Wildman–Crippen LogP) is 0.885. The minimum Gasteiger partial charge on any atom is -0.125 e. The summed E-state index contributed by atoms with van der Waals surface area (Å²) in [6.45, 7) is 1.84. The highest BCUT2D eigenvalue weighted by Crippen LogP contribution is 1.71. The van der Waals surface area contributed by atoms with Gasteiger partial charge in [-0.15, -0.1) is 15.2 Å². The van der Waals surface area contributed by atoms with Crippen LogP contribution in [-0.2, 0) is 0 Å². The van der Waals surface area contributed by atoms with Crippen molar-refractivity contribution in [2.45, 2.75) is 6.92 Å². The summed E-state index contributed by atoms with van der Waals surface area (Å²) in [7, 11) is 2.53. The van der Waals surface area contributed by atoms with E-state index in [4.69, 9.17) is 0 Å². The summed E-state index contributed by atoms with van der Waals surface area (Å²) in [5.41, 5.74) is 0. The van der Waals surface area contributed by atoms with Crippen molar-refractivity contribution in [1.29, 1.82) is 0 Å². The molecule has 28 valence electrons. The summed E-state index contributed by atoms with van der Waals surface area (Å²) in [5, 5.41) is 0. The quantitative estimate of drug-likeness (QED) is 0.303. The average molecular weight is 86.1 g/mol. The van der Waals surface area contributed by atoms with Gasteiger partial charge in [0.25, 0.3) is 0 Å². The molecule has 1 unspecified atom stereocenters. The Morgan fingerprint density at radius 2 is 2.40 bits per heavy atom. The lowest BCUT2D eigenvalue weighted by atomic mass is 10.7. The van der Waals surface area contributed by atoms with E-state index >= 15 is 0 Å². The molecule has 0 aromatic rings. The van der Waals surface area contributed by atoms with Crippen molar-refractivity contribution in [3.8, 4) is 11.8 Å². The maximum atomic E-state index is 2.82.